The Morgan fingerprint density at radius 2 is 1.68 bits per heavy atom. The van der Waals surface area contributed by atoms with Crippen LogP contribution in [0.3, 0.4) is 0 Å². The molecule has 2 aromatic carbocycles. The van der Waals surface area contributed by atoms with Gasteiger partial charge in [-0.15, -0.1) is 0 Å². The first-order valence-electron chi connectivity index (χ1n) is 17.6. The number of hydrazine groups is 1. The van der Waals surface area contributed by atoms with E-state index in [0.29, 0.717) is 6.07 Å². The SMILES string of the molecule is CC1NC(/C(=N\NCC(=O)NC(Cc2cc(F)cc(F)c2)c2nc(NC(=O)OC(C)(C)C)ccc2-c2ccc(Cl)c3c2N(CC(F)(F)F)N(C)C3)C(F)(F)F)=CC1(F)F. The van der Waals surface area contributed by atoms with Crippen LogP contribution in [-0.2, 0) is 22.5 Å². The quantitative estimate of drug-likeness (QED) is 0.0866. The van der Waals surface area contributed by atoms with Gasteiger partial charge in [0.1, 0.15) is 36.1 Å². The van der Waals surface area contributed by atoms with Crippen LogP contribution < -0.4 is 26.4 Å². The number of pyridine rings is 1. The van der Waals surface area contributed by atoms with Gasteiger partial charge in [-0.25, -0.2) is 23.6 Å². The number of hydrogen-bond donors (Lipinski definition) is 4. The Labute approximate surface area is 335 Å². The summed E-state index contributed by atoms with van der Waals surface area (Å²) >= 11 is 6.46. The van der Waals surface area contributed by atoms with E-state index in [-0.39, 0.29) is 57.1 Å². The molecular formula is C37H37ClF10N8O3. The molecule has 0 radical (unpaired) electrons. The molecule has 3 aromatic rings. The minimum absolute atomic E-state index is 0.000472. The Kier molecular flexibility index (Phi) is 12.7. The monoisotopic (exact) mass is 866 g/mol. The first-order valence-corrected chi connectivity index (χ1v) is 18.0. The van der Waals surface area contributed by atoms with Gasteiger partial charge in [-0.2, -0.15) is 40.2 Å². The minimum atomic E-state index is -5.26. The Hall–Kier alpha value is -5.31. The molecule has 5 rings (SSSR count). The summed E-state index contributed by atoms with van der Waals surface area (Å²) in [6, 6.07) is 4.64. The number of benzene rings is 2. The third-order valence-corrected chi connectivity index (χ3v) is 9.08. The number of nitrogens with zero attached hydrogens (tertiary/aromatic N) is 4. The highest BCUT2D eigenvalue weighted by Crippen LogP contribution is 2.46. The van der Waals surface area contributed by atoms with Crippen molar-refractivity contribution in [1.29, 1.82) is 0 Å². The zero-order valence-corrected chi connectivity index (χ0v) is 32.5. The van der Waals surface area contributed by atoms with Gasteiger partial charge >= 0.3 is 18.4 Å². The summed E-state index contributed by atoms with van der Waals surface area (Å²) < 4.78 is 146. The Morgan fingerprint density at radius 1 is 1.03 bits per heavy atom. The van der Waals surface area contributed by atoms with Crippen molar-refractivity contribution in [2.24, 2.45) is 5.10 Å². The highest BCUT2D eigenvalue weighted by atomic mass is 35.5. The van der Waals surface area contributed by atoms with Crippen LogP contribution in [0.5, 0.6) is 0 Å². The average molecular weight is 867 g/mol. The van der Waals surface area contributed by atoms with E-state index in [1.807, 2.05) is 10.7 Å². The Morgan fingerprint density at radius 3 is 2.25 bits per heavy atom. The van der Waals surface area contributed by atoms with Crippen molar-refractivity contribution in [3.05, 3.63) is 87.7 Å². The van der Waals surface area contributed by atoms with Gasteiger partial charge < -0.3 is 15.4 Å². The molecule has 2 amide bonds. The van der Waals surface area contributed by atoms with E-state index in [1.54, 1.807) is 20.8 Å². The smallest absolute Gasteiger partial charge is 0.437 e. The molecule has 0 spiro atoms. The molecular weight excluding hydrogens is 830 g/mol. The Bertz CT molecular complexity index is 2140. The summed E-state index contributed by atoms with van der Waals surface area (Å²) in [6.07, 6.45) is -11.4. The van der Waals surface area contributed by atoms with Gasteiger partial charge in [-0.3, -0.25) is 20.5 Å². The van der Waals surface area contributed by atoms with Crippen molar-refractivity contribution in [3.8, 4) is 11.1 Å². The van der Waals surface area contributed by atoms with Crippen LogP contribution in [-0.4, -0.2) is 77.8 Å². The van der Waals surface area contributed by atoms with Crippen LogP contribution in [0.25, 0.3) is 11.1 Å². The first kappa shape index (κ1) is 44.8. The zero-order valence-electron chi connectivity index (χ0n) is 31.8. The molecule has 1 aromatic heterocycles. The number of hydrogen-bond acceptors (Lipinski definition) is 9. The van der Waals surface area contributed by atoms with Crippen LogP contribution in [0.2, 0.25) is 5.02 Å². The fourth-order valence-electron chi connectivity index (χ4n) is 6.29. The number of fused-ring (bicyclic) bond motifs is 1. The van der Waals surface area contributed by atoms with Gasteiger partial charge in [-0.05, 0) is 70.0 Å². The van der Waals surface area contributed by atoms with Crippen molar-refractivity contribution >= 4 is 40.8 Å². The summed E-state index contributed by atoms with van der Waals surface area (Å²) in [5.74, 6) is -7.01. The van der Waals surface area contributed by atoms with Crippen molar-refractivity contribution < 1.29 is 58.2 Å². The van der Waals surface area contributed by atoms with Gasteiger partial charge in [0.25, 0.3) is 5.92 Å². The highest BCUT2D eigenvalue weighted by Gasteiger charge is 2.47. The number of alkyl halides is 8. The van der Waals surface area contributed by atoms with E-state index in [0.717, 1.165) is 24.1 Å². The van der Waals surface area contributed by atoms with Crippen molar-refractivity contribution in [2.45, 2.75) is 76.6 Å². The molecule has 3 heterocycles. The molecule has 0 bridgehead atoms. The fourth-order valence-corrected chi connectivity index (χ4v) is 6.51. The number of aromatic nitrogens is 1. The maximum Gasteiger partial charge on any atom is 0.437 e. The first-order chi connectivity index (χ1) is 27.2. The molecule has 59 heavy (non-hydrogen) atoms. The summed E-state index contributed by atoms with van der Waals surface area (Å²) in [7, 11) is 1.39. The fraction of sp³-hybridized carbons (Fsp3) is 0.405. The third kappa shape index (κ3) is 11.3. The second-order valence-corrected chi connectivity index (χ2v) is 15.1. The van der Waals surface area contributed by atoms with E-state index in [1.165, 1.54) is 36.3 Å². The topological polar surface area (TPSA) is 123 Å². The van der Waals surface area contributed by atoms with Crippen LogP contribution in [0.15, 0.2) is 59.3 Å². The summed E-state index contributed by atoms with van der Waals surface area (Å²) in [4.78, 5) is 30.8. The molecule has 0 saturated heterocycles. The predicted octanol–water partition coefficient (Wildman–Crippen LogP) is 8.18. The van der Waals surface area contributed by atoms with Gasteiger partial charge in [0.15, 0.2) is 5.71 Å². The number of rotatable bonds is 11. The van der Waals surface area contributed by atoms with Crippen LogP contribution >= 0.6 is 11.6 Å². The standard InChI is InChI=1S/C37H37ClF10N8O3/c1-18-35(41,42)14-27(50-18)32(37(46,47)48)54-49-15-29(57)51-26(12-19-10-20(39)13-21(40)11-19)30-22(7-9-28(52-30)53-33(58)59-34(2,3)4)23-6-8-25(38)24-16-55(5)56(31(23)24)17-36(43,44)45/h6-11,13-14,18,26,49-50H,12,15-17H2,1-5H3,(H,51,57)(H,52,53,58)/b54-32+. The number of anilines is 2. The zero-order chi connectivity index (χ0) is 43.8. The lowest BCUT2D eigenvalue weighted by molar-refractivity contribution is -0.124. The molecule has 0 fully saturated rings. The van der Waals surface area contributed by atoms with E-state index in [9.17, 15) is 53.5 Å². The molecule has 0 aliphatic carbocycles. The van der Waals surface area contributed by atoms with Gasteiger partial charge in [0, 0.05) is 47.4 Å². The van der Waals surface area contributed by atoms with Crippen LogP contribution in [0.1, 0.15) is 50.6 Å². The number of carbonyl (C=O) groups is 2. The lowest BCUT2D eigenvalue weighted by atomic mass is 9.93. The number of allylic oxidation sites excluding steroid dienone is 1. The molecule has 2 unspecified atom stereocenters. The largest absolute Gasteiger partial charge is 0.444 e. The van der Waals surface area contributed by atoms with E-state index < -0.39 is 90.5 Å². The minimum Gasteiger partial charge on any atom is -0.444 e. The maximum atomic E-state index is 14.5. The summed E-state index contributed by atoms with van der Waals surface area (Å²) in [5, 5.41) is 12.4. The molecule has 2 atom stereocenters. The molecule has 2 aliphatic heterocycles. The van der Waals surface area contributed by atoms with Gasteiger partial charge in [0.05, 0.1) is 29.2 Å². The van der Waals surface area contributed by atoms with E-state index in [2.05, 4.69) is 20.7 Å². The summed E-state index contributed by atoms with van der Waals surface area (Å²) in [5.41, 5.74) is -1.76. The normalized spacial score (nSPS) is 17.6. The van der Waals surface area contributed by atoms with Crippen LogP contribution in [0, 0.1) is 11.6 Å². The molecule has 2 aliphatic rings. The number of nitrogens with one attached hydrogen (secondary N) is 4. The average Bonchev–Trinajstić information content (AvgIpc) is 3.53. The number of amides is 2. The number of ether oxygens (including phenoxy) is 1. The maximum absolute atomic E-state index is 14.5. The summed E-state index contributed by atoms with van der Waals surface area (Å²) in [6.45, 7) is 3.15. The van der Waals surface area contributed by atoms with Gasteiger partial charge in [-0.1, -0.05) is 17.7 Å². The van der Waals surface area contributed by atoms with Crippen molar-refractivity contribution in [2.75, 3.05) is 30.5 Å². The number of halogens is 11. The molecule has 320 valence electrons. The van der Waals surface area contributed by atoms with Crippen molar-refractivity contribution in [1.82, 2.24) is 26.1 Å². The predicted molar refractivity (Wildman–Crippen MR) is 197 cm³/mol. The molecule has 11 nitrogen and oxygen atoms in total. The number of hydrazone groups is 1. The van der Waals surface area contributed by atoms with Crippen LogP contribution in [0.4, 0.5) is 60.2 Å². The van der Waals surface area contributed by atoms with E-state index >= 15 is 0 Å². The van der Waals surface area contributed by atoms with Gasteiger partial charge in [0.2, 0.25) is 5.91 Å². The highest BCUT2D eigenvalue weighted by molar-refractivity contribution is 6.32. The lowest BCUT2D eigenvalue weighted by Gasteiger charge is -2.30. The van der Waals surface area contributed by atoms with E-state index in [4.69, 9.17) is 16.3 Å². The molecule has 22 heteroatoms. The lowest BCUT2D eigenvalue weighted by Crippen LogP contribution is -2.41. The third-order valence-electron chi connectivity index (χ3n) is 8.72. The molecule has 4 N–H and O–H groups in total. The second kappa shape index (κ2) is 16.7. The Balaban J connectivity index is 1.62. The number of carbonyl (C=O) groups excluding carboxylic acids is 2. The second-order valence-electron chi connectivity index (χ2n) is 14.7. The molecule has 0 saturated carbocycles. The van der Waals surface area contributed by atoms with Crippen molar-refractivity contribution in [3.63, 3.8) is 0 Å².